The van der Waals surface area contributed by atoms with Crippen LogP contribution >= 0.6 is 0 Å². The first-order chi connectivity index (χ1) is 11.1. The zero-order chi connectivity index (χ0) is 17.2. The predicted octanol–water partition coefficient (Wildman–Crippen LogP) is 7.70. The molecule has 138 valence electrons. The van der Waals surface area contributed by atoms with Gasteiger partial charge in [-0.15, -0.1) is 6.58 Å². The molecule has 0 amide bonds. The average Bonchev–Trinajstić information content (AvgIpc) is 2.49. The molecular weight excluding hydrogens is 280 g/mol. The molecule has 0 atom stereocenters. The lowest BCUT2D eigenvalue weighted by Crippen LogP contribution is -2.09. The van der Waals surface area contributed by atoms with Gasteiger partial charge in [0.05, 0.1) is 0 Å². The van der Waals surface area contributed by atoms with Gasteiger partial charge < -0.3 is 4.74 Å². The molecule has 0 aliphatic carbocycles. The fourth-order valence-corrected chi connectivity index (χ4v) is 2.74. The molecule has 0 saturated heterocycles. The molecule has 0 spiro atoms. The topological polar surface area (TPSA) is 9.23 Å². The van der Waals surface area contributed by atoms with Crippen LogP contribution in [0.5, 0.6) is 0 Å². The minimum Gasteiger partial charge on any atom is -0.381 e. The van der Waals surface area contributed by atoms with Gasteiger partial charge in [-0.3, -0.25) is 0 Å². The Labute approximate surface area is 147 Å². The third-order valence-electron chi connectivity index (χ3n) is 4.44. The summed E-state index contributed by atoms with van der Waals surface area (Å²) in [5, 5.41) is 0. The Kier molecular flexibility index (Phi) is 16.3. The third kappa shape index (κ3) is 21.7. The molecule has 0 aromatic heterocycles. The Hall–Kier alpha value is -0.300. The van der Waals surface area contributed by atoms with Crippen LogP contribution in [0, 0.1) is 5.41 Å². The van der Waals surface area contributed by atoms with Gasteiger partial charge in [0.25, 0.3) is 0 Å². The molecule has 0 fully saturated rings. The van der Waals surface area contributed by atoms with E-state index in [1.165, 1.54) is 89.9 Å². The van der Waals surface area contributed by atoms with E-state index in [1.807, 2.05) is 6.08 Å². The van der Waals surface area contributed by atoms with Crippen LogP contribution in [-0.2, 0) is 4.74 Å². The van der Waals surface area contributed by atoms with Gasteiger partial charge in [0.1, 0.15) is 0 Å². The summed E-state index contributed by atoms with van der Waals surface area (Å²) < 4.78 is 5.71. The largest absolute Gasteiger partial charge is 0.381 e. The lowest BCUT2D eigenvalue weighted by atomic mass is 9.93. The highest BCUT2D eigenvalue weighted by molar-refractivity contribution is 4.65. The molecule has 0 bridgehead atoms. The highest BCUT2D eigenvalue weighted by Gasteiger charge is 2.08. The minimum absolute atomic E-state index is 0.408. The Bertz CT molecular complexity index is 239. The molecule has 0 aromatic carbocycles. The number of unbranched alkanes of at least 4 members (excludes halogenated alkanes) is 12. The molecule has 0 aliphatic rings. The van der Waals surface area contributed by atoms with Crippen molar-refractivity contribution in [1.82, 2.24) is 0 Å². The van der Waals surface area contributed by atoms with Crippen molar-refractivity contribution in [2.45, 2.75) is 111 Å². The fraction of sp³-hybridized carbons (Fsp3) is 0.909. The van der Waals surface area contributed by atoms with Crippen LogP contribution in [-0.4, -0.2) is 13.2 Å². The first-order valence-corrected chi connectivity index (χ1v) is 10.2. The fourth-order valence-electron chi connectivity index (χ4n) is 2.74. The van der Waals surface area contributed by atoms with Gasteiger partial charge in [0.15, 0.2) is 0 Å². The summed E-state index contributed by atoms with van der Waals surface area (Å²) in [4.78, 5) is 0. The summed E-state index contributed by atoms with van der Waals surface area (Å²) in [6.45, 7) is 12.5. The van der Waals surface area contributed by atoms with Crippen molar-refractivity contribution in [3.63, 3.8) is 0 Å². The molecular formula is C22H44O. The van der Waals surface area contributed by atoms with Gasteiger partial charge in [-0.1, -0.05) is 91.1 Å². The molecule has 0 aliphatic heterocycles. The van der Waals surface area contributed by atoms with E-state index in [-0.39, 0.29) is 0 Å². The van der Waals surface area contributed by atoms with Crippen LogP contribution < -0.4 is 0 Å². The van der Waals surface area contributed by atoms with Gasteiger partial charge in [0, 0.05) is 13.2 Å². The van der Waals surface area contributed by atoms with E-state index in [0.717, 1.165) is 13.2 Å². The first kappa shape index (κ1) is 22.7. The summed E-state index contributed by atoms with van der Waals surface area (Å²) in [5.74, 6) is 0. The Morgan fingerprint density at radius 1 is 0.652 bits per heavy atom. The van der Waals surface area contributed by atoms with E-state index in [9.17, 15) is 0 Å². The van der Waals surface area contributed by atoms with Crippen LogP contribution in [0.3, 0.4) is 0 Å². The van der Waals surface area contributed by atoms with Crippen molar-refractivity contribution < 1.29 is 4.74 Å². The molecule has 0 rings (SSSR count). The van der Waals surface area contributed by atoms with Gasteiger partial charge >= 0.3 is 0 Å². The van der Waals surface area contributed by atoms with Crippen molar-refractivity contribution in [3.8, 4) is 0 Å². The Morgan fingerprint density at radius 3 is 1.52 bits per heavy atom. The lowest BCUT2D eigenvalue weighted by molar-refractivity contribution is 0.105. The third-order valence-corrected chi connectivity index (χ3v) is 4.44. The number of hydrogen-bond acceptors (Lipinski definition) is 1. The van der Waals surface area contributed by atoms with Crippen molar-refractivity contribution >= 4 is 0 Å². The zero-order valence-corrected chi connectivity index (χ0v) is 16.5. The number of hydrogen-bond donors (Lipinski definition) is 0. The quantitative estimate of drug-likeness (QED) is 0.197. The summed E-state index contributed by atoms with van der Waals surface area (Å²) in [7, 11) is 0. The average molecular weight is 325 g/mol. The zero-order valence-electron chi connectivity index (χ0n) is 16.5. The van der Waals surface area contributed by atoms with Crippen LogP contribution in [0.1, 0.15) is 111 Å². The van der Waals surface area contributed by atoms with Gasteiger partial charge in [-0.05, 0) is 31.1 Å². The SMILES string of the molecule is C=CCCCCCCCCCCCCCCOCCC(C)(C)C. The standard InChI is InChI=1S/C22H44O/c1-5-6-7-8-9-10-11-12-13-14-15-16-17-18-20-23-21-19-22(2,3)4/h5H,1,6-21H2,2-4H3. The first-order valence-electron chi connectivity index (χ1n) is 10.2. The van der Waals surface area contributed by atoms with Crippen LogP contribution in [0.2, 0.25) is 0 Å². The van der Waals surface area contributed by atoms with Crippen LogP contribution in [0.4, 0.5) is 0 Å². The molecule has 1 nitrogen and oxygen atoms in total. The summed E-state index contributed by atoms with van der Waals surface area (Å²) in [5.41, 5.74) is 0.408. The van der Waals surface area contributed by atoms with Gasteiger partial charge in [-0.2, -0.15) is 0 Å². The van der Waals surface area contributed by atoms with E-state index in [0.29, 0.717) is 5.41 Å². The van der Waals surface area contributed by atoms with Gasteiger partial charge in [-0.25, -0.2) is 0 Å². The predicted molar refractivity (Wildman–Crippen MR) is 105 cm³/mol. The van der Waals surface area contributed by atoms with Crippen molar-refractivity contribution in [2.24, 2.45) is 5.41 Å². The summed E-state index contributed by atoms with van der Waals surface area (Å²) in [6, 6.07) is 0. The van der Waals surface area contributed by atoms with Gasteiger partial charge in [0.2, 0.25) is 0 Å². The molecule has 23 heavy (non-hydrogen) atoms. The maximum absolute atomic E-state index is 5.71. The van der Waals surface area contributed by atoms with Crippen LogP contribution in [0.25, 0.3) is 0 Å². The van der Waals surface area contributed by atoms with E-state index >= 15 is 0 Å². The second kappa shape index (κ2) is 16.6. The van der Waals surface area contributed by atoms with Crippen molar-refractivity contribution in [3.05, 3.63) is 12.7 Å². The highest BCUT2D eigenvalue weighted by atomic mass is 16.5. The molecule has 1 heteroatoms. The van der Waals surface area contributed by atoms with Crippen molar-refractivity contribution in [2.75, 3.05) is 13.2 Å². The number of ether oxygens (including phenoxy) is 1. The Balaban J connectivity index is 3.01. The maximum Gasteiger partial charge on any atom is 0.0471 e. The summed E-state index contributed by atoms with van der Waals surface area (Å²) in [6.07, 6.45) is 21.1. The molecule has 0 N–H and O–H groups in total. The number of allylic oxidation sites excluding steroid dienone is 1. The molecule has 0 radical (unpaired) electrons. The van der Waals surface area contributed by atoms with E-state index < -0.39 is 0 Å². The summed E-state index contributed by atoms with van der Waals surface area (Å²) >= 11 is 0. The molecule has 0 heterocycles. The highest BCUT2D eigenvalue weighted by Crippen LogP contribution is 2.18. The molecule has 0 saturated carbocycles. The normalized spacial score (nSPS) is 11.8. The number of rotatable bonds is 17. The second-order valence-electron chi connectivity index (χ2n) is 8.24. The van der Waals surface area contributed by atoms with E-state index in [1.54, 1.807) is 0 Å². The second-order valence-corrected chi connectivity index (χ2v) is 8.24. The monoisotopic (exact) mass is 324 g/mol. The lowest BCUT2D eigenvalue weighted by Gasteiger charge is -2.17. The Morgan fingerprint density at radius 2 is 1.09 bits per heavy atom. The van der Waals surface area contributed by atoms with E-state index in [4.69, 9.17) is 4.74 Å². The molecule has 0 aromatic rings. The maximum atomic E-state index is 5.71. The molecule has 0 unspecified atom stereocenters. The van der Waals surface area contributed by atoms with Crippen LogP contribution in [0.15, 0.2) is 12.7 Å². The minimum atomic E-state index is 0.408. The smallest absolute Gasteiger partial charge is 0.0471 e. The van der Waals surface area contributed by atoms with Crippen molar-refractivity contribution in [1.29, 1.82) is 0 Å². The van der Waals surface area contributed by atoms with E-state index in [2.05, 4.69) is 27.4 Å².